The lowest BCUT2D eigenvalue weighted by atomic mass is 9.92. The molecule has 0 saturated carbocycles. The van der Waals surface area contributed by atoms with E-state index in [4.69, 9.17) is 5.10 Å². The van der Waals surface area contributed by atoms with Gasteiger partial charge in [-0.05, 0) is 61.3 Å². The predicted molar refractivity (Wildman–Crippen MR) is 154 cm³/mol. The minimum Gasteiger partial charge on any atom is -0.340 e. The van der Waals surface area contributed by atoms with Crippen LogP contribution in [-0.4, -0.2) is 44.0 Å². The number of nitrogens with zero attached hydrogens (tertiary/aromatic N) is 6. The normalized spacial score (nSPS) is 16.7. The van der Waals surface area contributed by atoms with E-state index in [-0.39, 0.29) is 11.6 Å². The fourth-order valence-electron chi connectivity index (χ4n) is 6.32. The molecule has 2 aliphatic heterocycles. The van der Waals surface area contributed by atoms with Gasteiger partial charge < -0.3 is 9.80 Å². The average molecular weight is 553 g/mol. The van der Waals surface area contributed by atoms with Crippen molar-refractivity contribution in [1.29, 1.82) is 0 Å². The van der Waals surface area contributed by atoms with Gasteiger partial charge in [-0.1, -0.05) is 33.6 Å². The molecule has 0 radical (unpaired) electrons. The molecule has 40 heavy (non-hydrogen) atoms. The second-order valence-corrected chi connectivity index (χ2v) is 11.6. The first-order valence-electron chi connectivity index (χ1n) is 14.9. The topological polar surface area (TPSA) is 59.2 Å². The minimum atomic E-state index is -2.62. The summed E-state index contributed by atoms with van der Waals surface area (Å²) in [6.07, 6.45) is 9.69. The number of benzene rings is 1. The van der Waals surface area contributed by atoms with Crippen LogP contribution in [0.3, 0.4) is 0 Å². The number of carbonyl (C=O) groups is 1. The molecule has 2 atom stereocenters. The molecule has 2 aromatic heterocycles. The smallest absolute Gasteiger partial charge is 0.264 e. The van der Waals surface area contributed by atoms with Crippen LogP contribution in [-0.2, 0) is 31.2 Å². The van der Waals surface area contributed by atoms with Gasteiger partial charge in [0.05, 0.1) is 18.8 Å². The summed E-state index contributed by atoms with van der Waals surface area (Å²) in [5.41, 5.74) is 5.36. The lowest BCUT2D eigenvalue weighted by molar-refractivity contribution is -0.118. The molecule has 5 rings (SSSR count). The van der Waals surface area contributed by atoms with Crippen molar-refractivity contribution in [3.63, 3.8) is 0 Å². The SMILES string of the molecule is CCCC(CCC(C)CC)n1nc(N2CCCc3cc(-c4cnn(C)c4)c(C(F)F)cc32)c2c1CCN(C=O)C2. The maximum atomic E-state index is 14.5. The predicted octanol–water partition coefficient (Wildman–Crippen LogP) is 6.99. The van der Waals surface area contributed by atoms with Crippen molar-refractivity contribution in [3.8, 4) is 11.1 Å². The van der Waals surface area contributed by atoms with E-state index in [9.17, 15) is 13.6 Å². The molecule has 9 heteroatoms. The Morgan fingerprint density at radius 3 is 2.60 bits per heavy atom. The van der Waals surface area contributed by atoms with Crippen LogP contribution in [0.2, 0.25) is 0 Å². The maximum absolute atomic E-state index is 14.5. The highest BCUT2D eigenvalue weighted by molar-refractivity contribution is 5.77. The molecular weight excluding hydrogens is 510 g/mol. The van der Waals surface area contributed by atoms with Gasteiger partial charge in [0.15, 0.2) is 5.82 Å². The lowest BCUT2D eigenvalue weighted by Gasteiger charge is -2.33. The molecule has 3 aromatic rings. The Hall–Kier alpha value is -3.23. The van der Waals surface area contributed by atoms with Crippen LogP contribution >= 0.6 is 0 Å². The van der Waals surface area contributed by atoms with E-state index in [1.807, 2.05) is 6.07 Å². The van der Waals surface area contributed by atoms with Gasteiger partial charge in [0.1, 0.15) is 0 Å². The summed E-state index contributed by atoms with van der Waals surface area (Å²) in [6.45, 7) is 8.64. The molecule has 0 N–H and O–H groups in total. The van der Waals surface area contributed by atoms with Gasteiger partial charge in [-0.2, -0.15) is 10.2 Å². The molecule has 0 aliphatic carbocycles. The molecule has 2 aliphatic rings. The second kappa shape index (κ2) is 12.1. The van der Waals surface area contributed by atoms with E-state index in [1.165, 1.54) is 5.69 Å². The number of carbonyl (C=O) groups excluding carboxylic acids is 1. The number of hydrogen-bond acceptors (Lipinski definition) is 4. The number of alkyl halides is 2. The molecule has 0 fully saturated rings. The van der Waals surface area contributed by atoms with Gasteiger partial charge >= 0.3 is 0 Å². The maximum Gasteiger partial charge on any atom is 0.264 e. The molecule has 7 nitrogen and oxygen atoms in total. The Morgan fingerprint density at radius 1 is 1.10 bits per heavy atom. The fraction of sp³-hybridized carbons (Fsp3) is 0.581. The van der Waals surface area contributed by atoms with Gasteiger partial charge in [-0.25, -0.2) is 8.78 Å². The molecule has 216 valence electrons. The molecule has 1 amide bonds. The second-order valence-electron chi connectivity index (χ2n) is 11.6. The monoisotopic (exact) mass is 552 g/mol. The van der Waals surface area contributed by atoms with Crippen LogP contribution < -0.4 is 4.90 Å². The zero-order chi connectivity index (χ0) is 28.4. The number of amides is 1. The van der Waals surface area contributed by atoms with Gasteiger partial charge in [0.25, 0.3) is 6.43 Å². The van der Waals surface area contributed by atoms with Crippen molar-refractivity contribution in [3.05, 3.63) is 46.9 Å². The van der Waals surface area contributed by atoms with Gasteiger partial charge in [0, 0.05) is 60.8 Å². The van der Waals surface area contributed by atoms with Crippen LogP contribution in [0.5, 0.6) is 0 Å². The van der Waals surface area contributed by atoms with Gasteiger partial charge in [-0.15, -0.1) is 0 Å². The Balaban J connectivity index is 1.60. The number of aromatic nitrogens is 4. The van der Waals surface area contributed by atoms with Gasteiger partial charge in [0.2, 0.25) is 6.41 Å². The van der Waals surface area contributed by atoms with Crippen molar-refractivity contribution >= 4 is 17.9 Å². The fourth-order valence-corrected chi connectivity index (χ4v) is 6.32. The Morgan fingerprint density at radius 2 is 1.93 bits per heavy atom. The molecule has 0 saturated heterocycles. The van der Waals surface area contributed by atoms with Crippen LogP contribution in [0.25, 0.3) is 11.1 Å². The molecule has 1 aromatic carbocycles. The quantitative estimate of drug-likeness (QED) is 0.241. The number of aryl methyl sites for hydroxylation is 2. The number of anilines is 2. The summed E-state index contributed by atoms with van der Waals surface area (Å²) in [7, 11) is 1.79. The van der Waals surface area contributed by atoms with Crippen molar-refractivity contribution in [2.45, 2.75) is 91.1 Å². The van der Waals surface area contributed by atoms with E-state index in [0.29, 0.717) is 36.7 Å². The number of hydrogen-bond donors (Lipinski definition) is 0. The summed E-state index contributed by atoms with van der Waals surface area (Å²) in [5, 5.41) is 9.48. The highest BCUT2D eigenvalue weighted by Gasteiger charge is 2.33. The summed E-state index contributed by atoms with van der Waals surface area (Å²) < 4.78 is 32.8. The van der Waals surface area contributed by atoms with E-state index in [0.717, 1.165) is 80.4 Å². The minimum absolute atomic E-state index is 0.0129. The summed E-state index contributed by atoms with van der Waals surface area (Å²) in [4.78, 5) is 15.7. The number of fused-ring (bicyclic) bond motifs is 2. The molecular formula is C31H42F2N6O. The standard InChI is InChI=1S/C31H42F2N6O/c1-5-8-24(11-10-21(3)6-2)39-28-12-14-37(20-40)19-27(28)31(35-39)38-13-7-9-22-15-25(23-17-34-36(4)18-23)26(30(32)33)16-29(22)38/h15-18,20-21,24,30H,5-14,19H2,1-4H3. The first kappa shape index (κ1) is 28.3. The first-order valence-corrected chi connectivity index (χ1v) is 14.9. The Kier molecular flexibility index (Phi) is 8.57. The zero-order valence-corrected chi connectivity index (χ0v) is 24.2. The zero-order valence-electron chi connectivity index (χ0n) is 24.2. The van der Waals surface area contributed by atoms with Crippen molar-refractivity contribution in [2.24, 2.45) is 13.0 Å². The molecule has 0 bridgehead atoms. The summed E-state index contributed by atoms with van der Waals surface area (Å²) in [5.74, 6) is 1.48. The summed E-state index contributed by atoms with van der Waals surface area (Å²) >= 11 is 0. The Bertz CT molecular complexity index is 1330. The van der Waals surface area contributed by atoms with Crippen molar-refractivity contribution in [1.82, 2.24) is 24.5 Å². The summed E-state index contributed by atoms with van der Waals surface area (Å²) in [6, 6.07) is 3.88. The molecule has 4 heterocycles. The van der Waals surface area contributed by atoms with Crippen LogP contribution in [0, 0.1) is 5.92 Å². The lowest BCUT2D eigenvalue weighted by Crippen LogP contribution is -2.32. The van der Waals surface area contributed by atoms with E-state index >= 15 is 0 Å². The largest absolute Gasteiger partial charge is 0.340 e. The van der Waals surface area contributed by atoms with Crippen LogP contribution in [0.1, 0.15) is 94.1 Å². The van der Waals surface area contributed by atoms with E-state index in [2.05, 4.69) is 35.5 Å². The average Bonchev–Trinajstić information content (AvgIpc) is 3.57. The van der Waals surface area contributed by atoms with Crippen LogP contribution in [0.4, 0.5) is 20.3 Å². The molecule has 0 spiro atoms. The third-order valence-corrected chi connectivity index (χ3v) is 8.78. The van der Waals surface area contributed by atoms with E-state index in [1.54, 1.807) is 35.1 Å². The van der Waals surface area contributed by atoms with Gasteiger partial charge in [-0.3, -0.25) is 14.2 Å². The van der Waals surface area contributed by atoms with E-state index < -0.39 is 6.43 Å². The third-order valence-electron chi connectivity index (χ3n) is 8.78. The molecule has 2 unspecified atom stereocenters. The van der Waals surface area contributed by atoms with Crippen LogP contribution in [0.15, 0.2) is 24.5 Å². The Labute approximate surface area is 236 Å². The first-order chi connectivity index (χ1) is 19.3. The third kappa shape index (κ3) is 5.52. The highest BCUT2D eigenvalue weighted by atomic mass is 19.3. The van der Waals surface area contributed by atoms with Crippen molar-refractivity contribution in [2.75, 3.05) is 18.0 Å². The number of halogens is 2. The van der Waals surface area contributed by atoms with Crippen molar-refractivity contribution < 1.29 is 13.6 Å². The number of rotatable bonds is 11. The highest BCUT2D eigenvalue weighted by Crippen LogP contribution is 2.43.